The van der Waals surface area contributed by atoms with E-state index in [9.17, 15) is 0 Å². The Balaban J connectivity index is 1.36. The number of aryl methyl sites for hydroxylation is 1. The minimum absolute atomic E-state index is 0.0414. The van der Waals surface area contributed by atoms with Gasteiger partial charge in [-0.2, -0.15) is 4.58 Å². The largest absolute Gasteiger partial charge is 0.358 e. The molecule has 3 aromatic rings. The Kier molecular flexibility index (Phi) is 6.88. The van der Waals surface area contributed by atoms with Crippen molar-refractivity contribution in [3.63, 3.8) is 0 Å². The molecular weight excluding hydrogens is 492 g/mol. The molecule has 1 N–H and O–H groups in total. The van der Waals surface area contributed by atoms with Crippen LogP contribution in [0.1, 0.15) is 37.0 Å². The van der Waals surface area contributed by atoms with Gasteiger partial charge in [-0.1, -0.05) is 82.7 Å². The van der Waals surface area contributed by atoms with E-state index in [-0.39, 0.29) is 5.41 Å². The number of allylic oxidation sites excluding steroid dienone is 6. The van der Waals surface area contributed by atoms with E-state index in [0.717, 1.165) is 30.3 Å². The Bertz CT molecular complexity index is 1320. The van der Waals surface area contributed by atoms with Crippen LogP contribution < -0.4 is 5.32 Å². The van der Waals surface area contributed by atoms with Gasteiger partial charge in [0, 0.05) is 46.4 Å². The molecule has 0 saturated heterocycles. The number of nitrogens with one attached hydrogen (secondary N) is 1. The molecule has 35 heavy (non-hydrogen) atoms. The minimum Gasteiger partial charge on any atom is -0.358 e. The number of benzene rings is 3. The first-order valence-electron chi connectivity index (χ1n) is 12.4. The summed E-state index contributed by atoms with van der Waals surface area (Å²) in [6, 6.07) is 28.1. The number of nitrogens with zero attached hydrogens (tertiary/aromatic N) is 1. The van der Waals surface area contributed by atoms with Gasteiger partial charge in [0.25, 0.3) is 0 Å². The van der Waals surface area contributed by atoms with Gasteiger partial charge in [-0.3, -0.25) is 0 Å². The van der Waals surface area contributed by atoms with Crippen molar-refractivity contribution in [1.29, 1.82) is 0 Å². The Morgan fingerprint density at radius 1 is 0.971 bits per heavy atom. The number of anilines is 1. The molecule has 0 unspecified atom stereocenters. The van der Waals surface area contributed by atoms with E-state index in [4.69, 9.17) is 0 Å². The average Bonchev–Trinajstić information content (AvgIpc) is 3.38. The summed E-state index contributed by atoms with van der Waals surface area (Å²) in [6.45, 7) is 5.67. The van der Waals surface area contributed by atoms with Crippen molar-refractivity contribution in [2.75, 3.05) is 11.9 Å². The standard InChI is InChI=1S/C32H31BrN2/c1-32(2)28-15-7-9-17-30(28)35(22-10-13-24-11-4-3-5-12-24)31(32)21-19-26(33)18-20-27-23-25-14-6-8-16-29(25)34-27/h3-9,11-12,14-21H,10,13,22-23H2,1-2H3/p+1. The van der Waals surface area contributed by atoms with Gasteiger partial charge in [-0.05, 0) is 55.7 Å². The summed E-state index contributed by atoms with van der Waals surface area (Å²) in [7, 11) is 0. The number of halogens is 1. The van der Waals surface area contributed by atoms with Crippen molar-refractivity contribution in [1.82, 2.24) is 0 Å². The van der Waals surface area contributed by atoms with Crippen LogP contribution in [0.5, 0.6) is 0 Å². The lowest BCUT2D eigenvalue weighted by Crippen LogP contribution is -2.28. The number of para-hydroxylation sites is 2. The number of hydrogen-bond acceptors (Lipinski definition) is 1. The van der Waals surface area contributed by atoms with Crippen LogP contribution in [-0.4, -0.2) is 16.8 Å². The summed E-state index contributed by atoms with van der Waals surface area (Å²) in [6.07, 6.45) is 11.9. The Hall–Kier alpha value is -3.17. The van der Waals surface area contributed by atoms with E-state index in [0.29, 0.717) is 0 Å². The van der Waals surface area contributed by atoms with E-state index in [2.05, 4.69) is 143 Å². The lowest BCUT2D eigenvalue weighted by Gasteiger charge is -2.15. The lowest BCUT2D eigenvalue weighted by molar-refractivity contribution is -0.438. The predicted molar refractivity (Wildman–Crippen MR) is 152 cm³/mol. The molecule has 0 saturated carbocycles. The molecule has 0 spiro atoms. The van der Waals surface area contributed by atoms with Gasteiger partial charge in [0.2, 0.25) is 5.69 Å². The highest BCUT2D eigenvalue weighted by atomic mass is 79.9. The van der Waals surface area contributed by atoms with E-state index >= 15 is 0 Å². The molecule has 3 heteroatoms. The highest BCUT2D eigenvalue weighted by Crippen LogP contribution is 2.40. The zero-order chi connectivity index (χ0) is 24.3. The second kappa shape index (κ2) is 10.2. The maximum absolute atomic E-state index is 3.77. The second-order valence-corrected chi connectivity index (χ2v) is 10.7. The summed E-state index contributed by atoms with van der Waals surface area (Å²) in [5.41, 5.74) is 9.22. The summed E-state index contributed by atoms with van der Waals surface area (Å²) in [4.78, 5) is 0. The van der Waals surface area contributed by atoms with Gasteiger partial charge < -0.3 is 5.32 Å². The fourth-order valence-electron chi connectivity index (χ4n) is 5.18. The third kappa shape index (κ3) is 5.11. The van der Waals surface area contributed by atoms with Crippen LogP contribution in [0.2, 0.25) is 0 Å². The van der Waals surface area contributed by atoms with Gasteiger partial charge in [0.05, 0.1) is 5.41 Å². The molecule has 0 amide bonds. The van der Waals surface area contributed by atoms with Crippen LogP contribution >= 0.6 is 15.9 Å². The molecule has 0 fully saturated rings. The molecule has 176 valence electrons. The van der Waals surface area contributed by atoms with Crippen molar-refractivity contribution >= 4 is 33.0 Å². The van der Waals surface area contributed by atoms with Gasteiger partial charge >= 0.3 is 0 Å². The van der Waals surface area contributed by atoms with E-state index in [1.165, 1.54) is 39.5 Å². The summed E-state index contributed by atoms with van der Waals surface area (Å²) in [5.74, 6) is 0. The highest BCUT2D eigenvalue weighted by molar-refractivity contribution is 9.11. The molecule has 0 radical (unpaired) electrons. The van der Waals surface area contributed by atoms with Crippen LogP contribution in [0, 0.1) is 0 Å². The molecule has 2 aliphatic rings. The van der Waals surface area contributed by atoms with Gasteiger partial charge in [-0.25, -0.2) is 0 Å². The fourth-order valence-corrected chi connectivity index (χ4v) is 5.45. The first kappa shape index (κ1) is 23.6. The molecule has 0 bridgehead atoms. The van der Waals surface area contributed by atoms with Crippen molar-refractivity contribution < 1.29 is 4.58 Å². The SMILES string of the molecule is CC1(C)C(C=CC(Br)=CC=C2Cc3ccccc3N2)=[N+](CCCc2ccccc2)c2ccccc21. The normalized spacial score (nSPS) is 17.7. The second-order valence-electron chi connectivity index (χ2n) is 9.80. The van der Waals surface area contributed by atoms with E-state index < -0.39 is 0 Å². The Morgan fingerprint density at radius 3 is 2.54 bits per heavy atom. The monoisotopic (exact) mass is 523 g/mol. The average molecular weight is 525 g/mol. The third-order valence-corrected chi connectivity index (χ3v) is 7.56. The Morgan fingerprint density at radius 2 is 1.71 bits per heavy atom. The molecule has 2 aliphatic heterocycles. The van der Waals surface area contributed by atoms with Crippen LogP contribution in [-0.2, 0) is 18.3 Å². The van der Waals surface area contributed by atoms with Gasteiger partial charge in [0.15, 0.2) is 5.71 Å². The van der Waals surface area contributed by atoms with Crippen molar-refractivity contribution in [3.8, 4) is 0 Å². The van der Waals surface area contributed by atoms with Crippen LogP contribution in [0.3, 0.4) is 0 Å². The lowest BCUT2D eigenvalue weighted by atomic mass is 9.81. The van der Waals surface area contributed by atoms with Crippen LogP contribution in [0.4, 0.5) is 11.4 Å². The zero-order valence-electron chi connectivity index (χ0n) is 20.5. The molecule has 2 heterocycles. The molecule has 0 atom stereocenters. The maximum atomic E-state index is 3.77. The van der Waals surface area contributed by atoms with Crippen molar-refractivity contribution in [3.05, 3.63) is 130 Å². The first-order chi connectivity index (χ1) is 17.0. The van der Waals surface area contributed by atoms with E-state index in [1.807, 2.05) is 0 Å². The molecule has 3 aromatic carbocycles. The smallest absolute Gasteiger partial charge is 0.209 e. The van der Waals surface area contributed by atoms with Crippen molar-refractivity contribution in [2.24, 2.45) is 0 Å². The minimum atomic E-state index is -0.0414. The van der Waals surface area contributed by atoms with Crippen molar-refractivity contribution in [2.45, 2.75) is 38.5 Å². The molecule has 0 aliphatic carbocycles. The third-order valence-electron chi connectivity index (χ3n) is 7.03. The summed E-state index contributed by atoms with van der Waals surface area (Å²) in [5, 5.41) is 3.51. The number of hydrogen-bond donors (Lipinski definition) is 1. The zero-order valence-corrected chi connectivity index (χ0v) is 22.1. The number of fused-ring (bicyclic) bond motifs is 2. The predicted octanol–water partition coefficient (Wildman–Crippen LogP) is 8.08. The topological polar surface area (TPSA) is 15.0 Å². The van der Waals surface area contributed by atoms with Gasteiger partial charge in [-0.15, -0.1) is 0 Å². The molecule has 0 aromatic heterocycles. The summed E-state index contributed by atoms with van der Waals surface area (Å²) >= 11 is 3.77. The van der Waals surface area contributed by atoms with Crippen LogP contribution in [0.15, 0.2) is 113 Å². The molecule has 2 nitrogen and oxygen atoms in total. The fraction of sp³-hybridized carbons (Fsp3) is 0.219. The summed E-state index contributed by atoms with van der Waals surface area (Å²) < 4.78 is 3.58. The molecular formula is C32H32BrN2+. The van der Waals surface area contributed by atoms with Gasteiger partial charge in [0.1, 0.15) is 6.54 Å². The maximum Gasteiger partial charge on any atom is 0.209 e. The Labute approximate surface area is 217 Å². The highest BCUT2D eigenvalue weighted by Gasteiger charge is 2.43. The van der Waals surface area contributed by atoms with Crippen LogP contribution in [0.25, 0.3) is 0 Å². The molecule has 5 rings (SSSR count). The number of rotatable bonds is 7. The first-order valence-corrected chi connectivity index (χ1v) is 13.2. The van der Waals surface area contributed by atoms with E-state index in [1.54, 1.807) is 0 Å². The quantitative estimate of drug-likeness (QED) is 0.244.